The number of amides is 1. The molecule has 0 spiro atoms. The van der Waals surface area contributed by atoms with Gasteiger partial charge in [0.05, 0.1) is 31.5 Å². The molecule has 0 bridgehead atoms. The van der Waals surface area contributed by atoms with Gasteiger partial charge in [-0.25, -0.2) is 5.43 Å². The van der Waals surface area contributed by atoms with Crippen LogP contribution in [0.2, 0.25) is 5.02 Å². The summed E-state index contributed by atoms with van der Waals surface area (Å²) < 4.78 is 5.33. The molecule has 33 heavy (non-hydrogen) atoms. The van der Waals surface area contributed by atoms with Gasteiger partial charge in [0, 0.05) is 29.7 Å². The van der Waals surface area contributed by atoms with Crippen molar-refractivity contribution in [3.05, 3.63) is 76.3 Å². The second-order valence-electron chi connectivity index (χ2n) is 8.92. The number of fused-ring (bicyclic) bond motifs is 3. The Morgan fingerprint density at radius 2 is 2.03 bits per heavy atom. The third-order valence-corrected chi connectivity index (χ3v) is 7.18. The van der Waals surface area contributed by atoms with E-state index in [9.17, 15) is 4.79 Å². The molecule has 0 aromatic heterocycles. The van der Waals surface area contributed by atoms with Crippen LogP contribution in [0.5, 0.6) is 0 Å². The molecule has 5 rings (SSSR count). The van der Waals surface area contributed by atoms with Gasteiger partial charge in [-0.1, -0.05) is 48.0 Å². The minimum absolute atomic E-state index is 0.0998. The summed E-state index contributed by atoms with van der Waals surface area (Å²) >= 11 is 6.54. The Morgan fingerprint density at radius 3 is 2.85 bits per heavy atom. The zero-order valence-electron chi connectivity index (χ0n) is 18.8. The smallest absolute Gasteiger partial charge is 0.254 e. The normalized spacial score (nSPS) is 24.7. The largest absolute Gasteiger partial charge is 0.379 e. The van der Waals surface area contributed by atoms with Gasteiger partial charge >= 0.3 is 0 Å². The van der Waals surface area contributed by atoms with E-state index in [1.807, 2.05) is 25.1 Å². The Hall–Kier alpha value is -2.67. The number of hydrazone groups is 1. The highest BCUT2D eigenvalue weighted by Crippen LogP contribution is 2.50. The summed E-state index contributed by atoms with van der Waals surface area (Å²) in [6, 6.07) is 14.6. The second-order valence-corrected chi connectivity index (χ2v) is 9.33. The highest BCUT2D eigenvalue weighted by atomic mass is 35.5. The molecule has 1 amide bonds. The number of nitrogens with zero attached hydrogens (tertiary/aromatic N) is 2. The van der Waals surface area contributed by atoms with E-state index in [0.29, 0.717) is 31.6 Å². The fourth-order valence-electron chi connectivity index (χ4n) is 5.06. The molecule has 2 N–H and O–H groups in total. The number of morpholine rings is 1. The molecule has 0 saturated carbocycles. The van der Waals surface area contributed by atoms with E-state index in [1.54, 1.807) is 0 Å². The van der Waals surface area contributed by atoms with Crippen molar-refractivity contribution >= 4 is 28.9 Å². The monoisotopic (exact) mass is 464 g/mol. The Labute approximate surface area is 199 Å². The highest BCUT2D eigenvalue weighted by molar-refractivity contribution is 6.31. The number of anilines is 1. The molecular formula is C26H29ClN4O2. The molecule has 7 heteroatoms. The number of ether oxygens (including phenoxy) is 1. The summed E-state index contributed by atoms with van der Waals surface area (Å²) in [6.45, 7) is 5.17. The highest BCUT2D eigenvalue weighted by Gasteiger charge is 2.38. The average Bonchev–Trinajstić information content (AvgIpc) is 3.33. The van der Waals surface area contributed by atoms with Crippen LogP contribution in [0.15, 0.2) is 59.7 Å². The van der Waals surface area contributed by atoms with Gasteiger partial charge in [-0.05, 0) is 54.2 Å². The number of hydrogen-bond acceptors (Lipinski definition) is 5. The number of hydrogen-bond donors (Lipinski definition) is 2. The Bertz CT molecular complexity index is 1090. The predicted octanol–water partition coefficient (Wildman–Crippen LogP) is 4.34. The number of halogens is 1. The number of nitrogens with one attached hydrogen (secondary N) is 2. The zero-order chi connectivity index (χ0) is 22.8. The first kappa shape index (κ1) is 22.1. The third kappa shape index (κ3) is 4.69. The number of benzene rings is 2. The van der Waals surface area contributed by atoms with E-state index in [4.69, 9.17) is 16.3 Å². The standard InChI is InChI=1S/C26H29ClN4O2/c1-17(29-30-25(32)16-31-11-13-33-14-12-31)18-9-10-24-22(15-18)19-6-4-7-20(19)26(28-24)21-5-2-3-8-23(21)27/h2-6,8-10,15,19-20,26,28H,7,11-14,16H2,1H3,(H,30,32)/b29-17-/t19-,20+,26-/m1/s1. The quantitative estimate of drug-likeness (QED) is 0.392. The lowest BCUT2D eigenvalue weighted by atomic mass is 9.76. The molecular weight excluding hydrogens is 436 g/mol. The molecule has 2 heterocycles. The first-order valence-electron chi connectivity index (χ1n) is 11.6. The molecule has 1 saturated heterocycles. The molecule has 0 radical (unpaired) electrons. The van der Waals surface area contributed by atoms with Gasteiger partial charge in [-0.3, -0.25) is 9.69 Å². The molecule has 3 aliphatic rings. The van der Waals surface area contributed by atoms with E-state index in [2.05, 4.69) is 57.2 Å². The first-order valence-corrected chi connectivity index (χ1v) is 11.9. The van der Waals surface area contributed by atoms with Crippen LogP contribution in [-0.4, -0.2) is 49.4 Å². The maximum Gasteiger partial charge on any atom is 0.254 e. The van der Waals surface area contributed by atoms with Gasteiger partial charge in [0.25, 0.3) is 5.91 Å². The van der Waals surface area contributed by atoms with Gasteiger partial charge in [-0.15, -0.1) is 0 Å². The van der Waals surface area contributed by atoms with Gasteiger partial charge in [0.2, 0.25) is 0 Å². The molecule has 2 aliphatic heterocycles. The fraction of sp³-hybridized carbons (Fsp3) is 0.385. The predicted molar refractivity (Wildman–Crippen MR) is 132 cm³/mol. The lowest BCUT2D eigenvalue weighted by Gasteiger charge is -2.38. The summed E-state index contributed by atoms with van der Waals surface area (Å²) in [5.74, 6) is 0.640. The molecule has 3 atom stereocenters. The molecule has 0 unspecified atom stereocenters. The fourth-order valence-corrected chi connectivity index (χ4v) is 5.32. The Kier molecular flexibility index (Phi) is 6.49. The molecule has 1 aliphatic carbocycles. The van der Waals surface area contributed by atoms with Crippen molar-refractivity contribution in [1.29, 1.82) is 0 Å². The number of allylic oxidation sites excluding steroid dienone is 2. The van der Waals surface area contributed by atoms with Crippen LogP contribution in [0, 0.1) is 5.92 Å². The van der Waals surface area contributed by atoms with Crippen LogP contribution in [0.3, 0.4) is 0 Å². The molecule has 2 aromatic carbocycles. The number of carbonyl (C=O) groups excluding carboxylic acids is 1. The van der Waals surface area contributed by atoms with Crippen molar-refractivity contribution < 1.29 is 9.53 Å². The average molecular weight is 465 g/mol. The van der Waals surface area contributed by atoms with Crippen LogP contribution >= 0.6 is 11.6 Å². The van der Waals surface area contributed by atoms with E-state index in [0.717, 1.165) is 47.1 Å². The molecule has 1 fully saturated rings. The lowest BCUT2D eigenvalue weighted by molar-refractivity contribution is -0.123. The van der Waals surface area contributed by atoms with E-state index >= 15 is 0 Å². The van der Waals surface area contributed by atoms with E-state index < -0.39 is 0 Å². The summed E-state index contributed by atoms with van der Waals surface area (Å²) in [7, 11) is 0. The van der Waals surface area contributed by atoms with Crippen LogP contribution in [-0.2, 0) is 9.53 Å². The minimum Gasteiger partial charge on any atom is -0.379 e. The second kappa shape index (κ2) is 9.67. The SMILES string of the molecule is C/C(=N/NC(=O)CN1CCOCC1)c1ccc2c(c1)[C@@H]1C=CC[C@@H]1[C@H](c1ccccc1Cl)N2. The first-order chi connectivity index (χ1) is 16.1. The molecule has 2 aromatic rings. The summed E-state index contributed by atoms with van der Waals surface area (Å²) in [4.78, 5) is 14.4. The summed E-state index contributed by atoms with van der Waals surface area (Å²) in [5.41, 5.74) is 8.05. The summed E-state index contributed by atoms with van der Waals surface area (Å²) in [5, 5.41) is 8.91. The lowest BCUT2D eigenvalue weighted by Crippen LogP contribution is -2.42. The molecule has 172 valence electrons. The van der Waals surface area contributed by atoms with Gasteiger partial charge < -0.3 is 10.1 Å². The van der Waals surface area contributed by atoms with Crippen molar-refractivity contribution in [3.8, 4) is 0 Å². The summed E-state index contributed by atoms with van der Waals surface area (Å²) in [6.07, 6.45) is 5.60. The van der Waals surface area contributed by atoms with Gasteiger partial charge in [-0.2, -0.15) is 5.10 Å². The van der Waals surface area contributed by atoms with Crippen molar-refractivity contribution in [3.63, 3.8) is 0 Å². The van der Waals surface area contributed by atoms with Crippen molar-refractivity contribution in [2.75, 3.05) is 38.2 Å². The van der Waals surface area contributed by atoms with Gasteiger partial charge in [0.15, 0.2) is 0 Å². The van der Waals surface area contributed by atoms with Crippen molar-refractivity contribution in [2.24, 2.45) is 11.0 Å². The number of rotatable bonds is 5. The van der Waals surface area contributed by atoms with E-state index in [-0.39, 0.29) is 11.9 Å². The van der Waals surface area contributed by atoms with Crippen molar-refractivity contribution in [1.82, 2.24) is 10.3 Å². The third-order valence-electron chi connectivity index (χ3n) is 6.84. The van der Waals surface area contributed by atoms with E-state index in [1.165, 1.54) is 5.56 Å². The maximum absolute atomic E-state index is 12.3. The van der Waals surface area contributed by atoms with Crippen LogP contribution in [0.4, 0.5) is 5.69 Å². The maximum atomic E-state index is 12.3. The van der Waals surface area contributed by atoms with Gasteiger partial charge in [0.1, 0.15) is 0 Å². The molecule has 6 nitrogen and oxygen atoms in total. The topological polar surface area (TPSA) is 66.0 Å². The number of carbonyl (C=O) groups is 1. The minimum atomic E-state index is -0.0998. The van der Waals surface area contributed by atoms with Crippen LogP contribution in [0.1, 0.15) is 42.0 Å². The zero-order valence-corrected chi connectivity index (χ0v) is 19.5. The Morgan fingerprint density at radius 1 is 1.21 bits per heavy atom. The van der Waals surface area contributed by atoms with Crippen molar-refractivity contribution in [2.45, 2.75) is 25.3 Å². The Balaban J connectivity index is 1.33. The van der Waals surface area contributed by atoms with Crippen LogP contribution < -0.4 is 10.7 Å². The van der Waals surface area contributed by atoms with Crippen LogP contribution in [0.25, 0.3) is 0 Å².